The van der Waals surface area contributed by atoms with Gasteiger partial charge in [-0.05, 0) is 37.8 Å². The third-order valence-corrected chi connectivity index (χ3v) is 5.74. The topological polar surface area (TPSA) is 26.3 Å². The first-order chi connectivity index (χ1) is 10.2. The summed E-state index contributed by atoms with van der Waals surface area (Å²) in [7, 11) is 0. The van der Waals surface area contributed by atoms with Gasteiger partial charge in [0.2, 0.25) is 0 Å². The highest BCUT2D eigenvalue weighted by Gasteiger charge is 2.41. The molecule has 0 amide bonds. The molecule has 2 fully saturated rings. The normalized spacial score (nSPS) is 24.3. The molecule has 2 aliphatic rings. The Kier molecular flexibility index (Phi) is 4.65. The molecule has 1 spiro atoms. The van der Waals surface area contributed by atoms with Crippen molar-refractivity contribution >= 4 is 17.5 Å². The highest BCUT2D eigenvalue weighted by molar-refractivity contribution is 8.00. The Bertz CT molecular complexity index is 511. The summed E-state index contributed by atoms with van der Waals surface area (Å²) in [6, 6.07) is 6.64. The second kappa shape index (κ2) is 6.49. The number of hydrogen-bond donors (Lipinski definition) is 0. The third kappa shape index (κ3) is 3.49. The predicted molar refractivity (Wildman–Crippen MR) is 82.0 cm³/mol. The van der Waals surface area contributed by atoms with E-state index in [-0.39, 0.29) is 23.1 Å². The molecule has 1 unspecified atom stereocenters. The fourth-order valence-corrected chi connectivity index (χ4v) is 4.41. The zero-order valence-electron chi connectivity index (χ0n) is 12.1. The smallest absolute Gasteiger partial charge is 0.146 e. The largest absolute Gasteiger partial charge is 0.375 e. The molecule has 0 N–H and O–H groups in total. The van der Waals surface area contributed by atoms with Crippen LogP contribution in [0.25, 0.3) is 0 Å². The molecule has 114 valence electrons. The summed E-state index contributed by atoms with van der Waals surface area (Å²) in [4.78, 5) is 13.0. The Morgan fingerprint density at radius 1 is 1.33 bits per heavy atom. The van der Waals surface area contributed by atoms with E-state index in [4.69, 9.17) is 4.74 Å². The van der Waals surface area contributed by atoms with E-state index < -0.39 is 0 Å². The molecule has 1 heterocycles. The monoisotopic (exact) mass is 308 g/mol. The van der Waals surface area contributed by atoms with Crippen LogP contribution in [0.5, 0.6) is 0 Å². The molecule has 1 saturated heterocycles. The lowest BCUT2D eigenvalue weighted by Gasteiger charge is -2.37. The van der Waals surface area contributed by atoms with Gasteiger partial charge in [0, 0.05) is 17.4 Å². The molecule has 1 saturated carbocycles. The van der Waals surface area contributed by atoms with E-state index in [0.717, 1.165) is 25.7 Å². The Labute approximate surface area is 129 Å². The van der Waals surface area contributed by atoms with Crippen molar-refractivity contribution in [2.75, 3.05) is 12.4 Å². The van der Waals surface area contributed by atoms with E-state index >= 15 is 0 Å². The lowest BCUT2D eigenvalue weighted by atomic mass is 9.83. The fourth-order valence-electron chi connectivity index (χ4n) is 3.50. The SMILES string of the molecule is O=C(CSc1ccccc1F)C1CCOC2(CCCC2)C1. The number of ketones is 1. The van der Waals surface area contributed by atoms with Gasteiger partial charge >= 0.3 is 0 Å². The van der Waals surface area contributed by atoms with Gasteiger partial charge in [-0.15, -0.1) is 11.8 Å². The van der Waals surface area contributed by atoms with E-state index in [2.05, 4.69) is 0 Å². The fraction of sp³-hybridized carbons (Fsp3) is 0.588. The van der Waals surface area contributed by atoms with Crippen molar-refractivity contribution in [1.82, 2.24) is 0 Å². The first kappa shape index (κ1) is 15.0. The minimum absolute atomic E-state index is 0.0265. The van der Waals surface area contributed by atoms with Crippen LogP contribution in [0, 0.1) is 11.7 Å². The van der Waals surface area contributed by atoms with E-state index in [0.29, 0.717) is 17.3 Å². The van der Waals surface area contributed by atoms with E-state index in [1.165, 1.54) is 30.7 Å². The second-order valence-corrected chi connectivity index (χ2v) is 7.13. The van der Waals surface area contributed by atoms with Crippen LogP contribution < -0.4 is 0 Å². The summed E-state index contributed by atoms with van der Waals surface area (Å²) in [5, 5.41) is 0. The molecule has 0 bridgehead atoms. The van der Waals surface area contributed by atoms with E-state index in [9.17, 15) is 9.18 Å². The highest BCUT2D eigenvalue weighted by Crippen LogP contribution is 2.42. The lowest BCUT2D eigenvalue weighted by molar-refractivity contribution is -0.134. The van der Waals surface area contributed by atoms with Gasteiger partial charge in [0.05, 0.1) is 11.4 Å². The standard InChI is InChI=1S/C17H21FO2S/c18-14-5-1-2-6-16(14)21-12-15(19)13-7-10-20-17(11-13)8-3-4-9-17/h1-2,5-6,13H,3-4,7-12H2. The van der Waals surface area contributed by atoms with Crippen molar-refractivity contribution in [1.29, 1.82) is 0 Å². The molecule has 0 radical (unpaired) electrons. The Morgan fingerprint density at radius 3 is 2.86 bits per heavy atom. The molecule has 2 nitrogen and oxygen atoms in total. The van der Waals surface area contributed by atoms with Gasteiger partial charge in [0.25, 0.3) is 0 Å². The predicted octanol–water partition coefficient (Wildman–Crippen LogP) is 4.23. The highest BCUT2D eigenvalue weighted by atomic mass is 32.2. The number of carbonyl (C=O) groups is 1. The molecule has 1 aromatic carbocycles. The Hall–Kier alpha value is -0.870. The molecule has 1 atom stereocenters. The minimum Gasteiger partial charge on any atom is -0.375 e. The molecular formula is C17H21FO2S. The third-order valence-electron chi connectivity index (χ3n) is 4.67. The van der Waals surface area contributed by atoms with Crippen LogP contribution >= 0.6 is 11.8 Å². The summed E-state index contributed by atoms with van der Waals surface area (Å²) >= 11 is 1.31. The Morgan fingerprint density at radius 2 is 2.10 bits per heavy atom. The molecule has 1 aliphatic heterocycles. The number of benzene rings is 1. The number of carbonyl (C=O) groups excluding carboxylic acids is 1. The van der Waals surface area contributed by atoms with Crippen molar-refractivity contribution in [3.63, 3.8) is 0 Å². The number of Topliss-reactive ketones (excluding diaryl/α,β-unsaturated/α-hetero) is 1. The van der Waals surface area contributed by atoms with Gasteiger partial charge in [-0.2, -0.15) is 0 Å². The van der Waals surface area contributed by atoms with Crippen molar-refractivity contribution in [3.05, 3.63) is 30.1 Å². The van der Waals surface area contributed by atoms with Gasteiger partial charge in [-0.25, -0.2) is 4.39 Å². The first-order valence-electron chi connectivity index (χ1n) is 7.73. The summed E-state index contributed by atoms with van der Waals surface area (Å²) in [5.74, 6) is 0.463. The maximum atomic E-state index is 13.6. The zero-order chi connectivity index (χ0) is 14.7. The number of thioether (sulfide) groups is 1. The van der Waals surface area contributed by atoms with Crippen LogP contribution in [-0.2, 0) is 9.53 Å². The van der Waals surface area contributed by atoms with Gasteiger partial charge in [-0.3, -0.25) is 4.79 Å². The molecule has 0 aromatic heterocycles. The van der Waals surface area contributed by atoms with Gasteiger partial charge in [0.15, 0.2) is 0 Å². The summed E-state index contributed by atoms with van der Waals surface area (Å²) < 4.78 is 19.5. The van der Waals surface area contributed by atoms with Crippen molar-refractivity contribution in [2.45, 2.75) is 49.0 Å². The molecule has 1 aromatic rings. The summed E-state index contributed by atoms with van der Waals surface area (Å²) in [6.45, 7) is 0.695. The van der Waals surface area contributed by atoms with Crippen molar-refractivity contribution in [3.8, 4) is 0 Å². The number of hydrogen-bond acceptors (Lipinski definition) is 3. The lowest BCUT2D eigenvalue weighted by Crippen LogP contribution is -2.40. The molecule has 1 aliphatic carbocycles. The van der Waals surface area contributed by atoms with Crippen LogP contribution in [0.4, 0.5) is 4.39 Å². The number of rotatable bonds is 4. The Balaban J connectivity index is 1.57. The van der Waals surface area contributed by atoms with Crippen LogP contribution in [0.3, 0.4) is 0 Å². The van der Waals surface area contributed by atoms with Gasteiger partial charge in [0.1, 0.15) is 11.6 Å². The number of halogens is 1. The van der Waals surface area contributed by atoms with Gasteiger partial charge in [-0.1, -0.05) is 25.0 Å². The maximum Gasteiger partial charge on any atom is 0.146 e. The van der Waals surface area contributed by atoms with E-state index in [1.807, 2.05) is 0 Å². The maximum absolute atomic E-state index is 13.6. The summed E-state index contributed by atoms with van der Waals surface area (Å²) in [5.41, 5.74) is -0.0265. The van der Waals surface area contributed by atoms with Gasteiger partial charge < -0.3 is 4.74 Å². The van der Waals surface area contributed by atoms with Crippen molar-refractivity contribution < 1.29 is 13.9 Å². The molecular weight excluding hydrogens is 287 g/mol. The average molecular weight is 308 g/mol. The van der Waals surface area contributed by atoms with Crippen LogP contribution in [0.15, 0.2) is 29.2 Å². The zero-order valence-corrected chi connectivity index (χ0v) is 13.0. The van der Waals surface area contributed by atoms with Crippen LogP contribution in [0.2, 0.25) is 0 Å². The van der Waals surface area contributed by atoms with Crippen LogP contribution in [-0.4, -0.2) is 23.7 Å². The quantitative estimate of drug-likeness (QED) is 0.779. The second-order valence-electron chi connectivity index (χ2n) is 6.11. The van der Waals surface area contributed by atoms with Crippen molar-refractivity contribution in [2.24, 2.45) is 5.92 Å². The number of ether oxygens (including phenoxy) is 1. The van der Waals surface area contributed by atoms with Crippen LogP contribution in [0.1, 0.15) is 38.5 Å². The molecule has 3 rings (SSSR count). The average Bonchev–Trinajstić information content (AvgIpc) is 2.94. The molecule has 21 heavy (non-hydrogen) atoms. The first-order valence-corrected chi connectivity index (χ1v) is 8.71. The molecule has 4 heteroatoms. The van der Waals surface area contributed by atoms with E-state index in [1.54, 1.807) is 18.2 Å². The minimum atomic E-state index is -0.241. The summed E-state index contributed by atoms with van der Waals surface area (Å²) in [6.07, 6.45) is 6.30.